The van der Waals surface area contributed by atoms with Crippen molar-refractivity contribution in [1.82, 2.24) is 4.72 Å². The number of hydrogen-bond acceptors (Lipinski definition) is 3. The van der Waals surface area contributed by atoms with Crippen molar-refractivity contribution in [2.75, 3.05) is 6.54 Å². The van der Waals surface area contributed by atoms with Crippen molar-refractivity contribution in [1.29, 1.82) is 0 Å². The molecule has 0 aliphatic heterocycles. The summed E-state index contributed by atoms with van der Waals surface area (Å²) >= 11 is 17.4. The van der Waals surface area contributed by atoms with E-state index in [1.807, 2.05) is 0 Å². The number of hydrogen-bond donors (Lipinski definition) is 2. The minimum absolute atomic E-state index is 0.0326. The second kappa shape index (κ2) is 5.53. The van der Waals surface area contributed by atoms with Crippen molar-refractivity contribution in [3.05, 3.63) is 27.2 Å². The first-order valence-electron chi connectivity index (χ1n) is 4.96. The van der Waals surface area contributed by atoms with Gasteiger partial charge >= 0.3 is 0 Å². The predicted octanol–water partition coefficient (Wildman–Crippen LogP) is 2.66. The van der Waals surface area contributed by atoms with E-state index in [9.17, 15) is 8.42 Å². The normalized spacial score (nSPS) is 12.8. The molecule has 0 heterocycles. The zero-order chi connectivity index (χ0) is 14.1. The maximum Gasteiger partial charge on any atom is 0.243 e. The molecule has 0 spiro atoms. The summed E-state index contributed by atoms with van der Waals surface area (Å²) in [5, 5.41) is 0.202. The van der Waals surface area contributed by atoms with Crippen LogP contribution in [-0.4, -0.2) is 20.5 Å². The molecule has 18 heavy (non-hydrogen) atoms. The highest BCUT2D eigenvalue weighted by Gasteiger charge is 2.24. The van der Waals surface area contributed by atoms with Gasteiger partial charge in [-0.05, 0) is 26.0 Å². The first kappa shape index (κ1) is 16.0. The maximum absolute atomic E-state index is 12.1. The van der Waals surface area contributed by atoms with Crippen molar-refractivity contribution in [2.24, 2.45) is 5.73 Å². The first-order valence-corrected chi connectivity index (χ1v) is 7.58. The third-order valence-electron chi connectivity index (χ3n) is 1.95. The summed E-state index contributed by atoms with van der Waals surface area (Å²) in [5.41, 5.74) is 5.02. The molecule has 102 valence electrons. The fourth-order valence-corrected chi connectivity index (χ4v) is 3.90. The van der Waals surface area contributed by atoms with Gasteiger partial charge in [0.2, 0.25) is 10.0 Å². The summed E-state index contributed by atoms with van der Waals surface area (Å²) in [5.74, 6) is 0. The minimum Gasteiger partial charge on any atom is -0.324 e. The summed E-state index contributed by atoms with van der Waals surface area (Å²) in [6, 6.07) is 2.63. The molecule has 0 amide bonds. The summed E-state index contributed by atoms with van der Waals surface area (Å²) in [6.07, 6.45) is 0. The Morgan fingerprint density at radius 2 is 1.67 bits per heavy atom. The van der Waals surface area contributed by atoms with Crippen molar-refractivity contribution < 1.29 is 8.42 Å². The molecular weight excluding hydrogens is 319 g/mol. The van der Waals surface area contributed by atoms with Crippen LogP contribution in [0.5, 0.6) is 0 Å². The molecule has 0 aliphatic carbocycles. The molecule has 8 heteroatoms. The number of nitrogens with two attached hydrogens (primary N) is 1. The number of halogens is 3. The van der Waals surface area contributed by atoms with Gasteiger partial charge in [0, 0.05) is 17.1 Å². The topological polar surface area (TPSA) is 72.2 Å². The van der Waals surface area contributed by atoms with Crippen LogP contribution in [0.15, 0.2) is 17.0 Å². The van der Waals surface area contributed by atoms with Crippen LogP contribution < -0.4 is 10.5 Å². The first-order chi connectivity index (χ1) is 8.03. The minimum atomic E-state index is -3.82. The van der Waals surface area contributed by atoms with E-state index >= 15 is 0 Å². The Labute approximate surface area is 121 Å². The van der Waals surface area contributed by atoms with Crippen LogP contribution in [0, 0.1) is 0 Å². The van der Waals surface area contributed by atoms with Gasteiger partial charge in [-0.25, -0.2) is 13.1 Å². The highest BCUT2D eigenvalue weighted by atomic mass is 35.5. The third kappa shape index (κ3) is 4.26. The molecule has 1 aromatic rings. The van der Waals surface area contributed by atoms with Gasteiger partial charge in [0.1, 0.15) is 4.90 Å². The lowest BCUT2D eigenvalue weighted by Crippen LogP contribution is -2.45. The average molecular weight is 332 g/mol. The van der Waals surface area contributed by atoms with Gasteiger partial charge < -0.3 is 5.73 Å². The van der Waals surface area contributed by atoms with Crippen LogP contribution in [0.2, 0.25) is 15.1 Å². The Morgan fingerprint density at radius 3 is 2.06 bits per heavy atom. The van der Waals surface area contributed by atoms with E-state index < -0.39 is 15.6 Å². The fraction of sp³-hybridized carbons (Fsp3) is 0.400. The Hall–Kier alpha value is -0.0400. The van der Waals surface area contributed by atoms with Gasteiger partial charge in [-0.3, -0.25) is 0 Å². The van der Waals surface area contributed by atoms with E-state index in [1.54, 1.807) is 13.8 Å². The molecule has 0 unspecified atom stereocenters. The molecule has 0 aliphatic rings. The Bertz CT molecular complexity index is 530. The van der Waals surface area contributed by atoms with E-state index in [1.165, 1.54) is 12.1 Å². The van der Waals surface area contributed by atoms with Crippen LogP contribution in [0.25, 0.3) is 0 Å². The molecule has 1 aromatic carbocycles. The lowest BCUT2D eigenvalue weighted by atomic mass is 10.1. The van der Waals surface area contributed by atoms with Gasteiger partial charge in [-0.2, -0.15) is 0 Å². The van der Waals surface area contributed by atoms with Gasteiger partial charge in [0.25, 0.3) is 0 Å². The van der Waals surface area contributed by atoms with Crippen molar-refractivity contribution in [3.63, 3.8) is 0 Å². The smallest absolute Gasteiger partial charge is 0.243 e. The molecule has 0 atom stereocenters. The van der Waals surface area contributed by atoms with Gasteiger partial charge in [-0.15, -0.1) is 0 Å². The number of benzene rings is 1. The van der Waals surface area contributed by atoms with Crippen LogP contribution in [0.1, 0.15) is 13.8 Å². The highest BCUT2D eigenvalue weighted by Crippen LogP contribution is 2.32. The second-order valence-corrected chi connectivity index (χ2v) is 7.47. The molecular formula is C10H13Cl3N2O2S. The zero-order valence-corrected chi connectivity index (χ0v) is 12.9. The van der Waals surface area contributed by atoms with E-state index in [2.05, 4.69) is 4.72 Å². The van der Waals surface area contributed by atoms with Gasteiger partial charge in [0.15, 0.2) is 0 Å². The van der Waals surface area contributed by atoms with E-state index in [0.29, 0.717) is 0 Å². The molecule has 0 fully saturated rings. The van der Waals surface area contributed by atoms with Crippen LogP contribution in [0.4, 0.5) is 0 Å². The van der Waals surface area contributed by atoms with E-state index in [4.69, 9.17) is 40.5 Å². The number of nitrogens with one attached hydrogen (secondary N) is 1. The molecule has 0 radical (unpaired) electrons. The van der Waals surface area contributed by atoms with Gasteiger partial charge in [0.05, 0.1) is 10.0 Å². The van der Waals surface area contributed by atoms with E-state index in [0.717, 1.165) is 0 Å². The molecule has 0 bridgehead atoms. The van der Waals surface area contributed by atoms with Crippen LogP contribution in [-0.2, 0) is 10.0 Å². The Morgan fingerprint density at radius 1 is 1.22 bits per heavy atom. The Balaban J connectivity index is 3.14. The van der Waals surface area contributed by atoms with Crippen molar-refractivity contribution >= 4 is 44.8 Å². The fourth-order valence-electron chi connectivity index (χ4n) is 1.14. The molecule has 1 rings (SSSR count). The summed E-state index contributed by atoms with van der Waals surface area (Å²) in [6.45, 7) is 3.45. The number of rotatable bonds is 4. The van der Waals surface area contributed by atoms with Crippen LogP contribution in [0.3, 0.4) is 0 Å². The maximum atomic E-state index is 12.1. The standard InChI is InChI=1S/C10H13Cl3N2O2S/c1-10(2,14)5-15-18(16,17)9-7(12)3-6(11)4-8(9)13/h3-4,15H,5,14H2,1-2H3. The summed E-state index contributed by atoms with van der Waals surface area (Å²) in [7, 11) is -3.82. The van der Waals surface area contributed by atoms with Crippen molar-refractivity contribution in [3.8, 4) is 0 Å². The molecule has 0 saturated carbocycles. The van der Waals surface area contributed by atoms with E-state index in [-0.39, 0.29) is 26.5 Å². The van der Waals surface area contributed by atoms with Crippen molar-refractivity contribution in [2.45, 2.75) is 24.3 Å². The monoisotopic (exact) mass is 330 g/mol. The van der Waals surface area contributed by atoms with Gasteiger partial charge in [-0.1, -0.05) is 34.8 Å². The Kier molecular flexibility index (Phi) is 4.92. The third-order valence-corrected chi connectivity index (χ3v) is 4.49. The largest absolute Gasteiger partial charge is 0.324 e. The number of sulfonamides is 1. The summed E-state index contributed by atoms with van der Waals surface area (Å²) in [4.78, 5) is -0.195. The highest BCUT2D eigenvalue weighted by molar-refractivity contribution is 7.89. The molecule has 4 nitrogen and oxygen atoms in total. The SMILES string of the molecule is CC(C)(N)CNS(=O)(=O)c1c(Cl)cc(Cl)cc1Cl. The lowest BCUT2D eigenvalue weighted by molar-refractivity contribution is 0.498. The second-order valence-electron chi connectivity index (χ2n) is 4.51. The summed E-state index contributed by atoms with van der Waals surface area (Å²) < 4.78 is 26.5. The molecule has 0 saturated heterocycles. The zero-order valence-electron chi connectivity index (χ0n) is 9.80. The van der Waals surface area contributed by atoms with Crippen LogP contribution >= 0.6 is 34.8 Å². The quantitative estimate of drug-likeness (QED) is 0.891. The molecule has 3 N–H and O–H groups in total. The molecule has 0 aromatic heterocycles. The predicted molar refractivity (Wildman–Crippen MR) is 74.9 cm³/mol. The lowest BCUT2D eigenvalue weighted by Gasteiger charge is -2.19. The average Bonchev–Trinajstić information content (AvgIpc) is 2.11.